The van der Waals surface area contributed by atoms with Gasteiger partial charge in [-0.05, 0) is 17.7 Å². The Morgan fingerprint density at radius 3 is 2.14 bits per heavy atom. The molecule has 0 N–H and O–H groups in total. The molecule has 0 spiro atoms. The Bertz CT molecular complexity index is 278. The van der Waals surface area contributed by atoms with E-state index in [1.807, 2.05) is 0 Å². The molecule has 0 radical (unpaired) electrons. The zero-order chi connectivity index (χ0) is 10.6. The van der Waals surface area contributed by atoms with Gasteiger partial charge < -0.3 is 4.74 Å². The molecule has 0 aromatic heterocycles. The molecular formula is C9H8F4O. The standard InChI is InChI=1S/C9H8F4O/c10-8-3-1-7(2-4-8)5-14-6-9(11,12)13/h1-4H,5-6H2. The van der Waals surface area contributed by atoms with Crippen molar-refractivity contribution in [3.05, 3.63) is 35.6 Å². The average molecular weight is 208 g/mol. The second-order valence-electron chi connectivity index (χ2n) is 2.73. The van der Waals surface area contributed by atoms with Crippen LogP contribution in [0.3, 0.4) is 0 Å². The highest BCUT2D eigenvalue weighted by Gasteiger charge is 2.27. The predicted octanol–water partition coefficient (Wildman–Crippen LogP) is 2.90. The van der Waals surface area contributed by atoms with Gasteiger partial charge >= 0.3 is 6.18 Å². The average Bonchev–Trinajstić information content (AvgIpc) is 2.06. The molecule has 0 heterocycles. The summed E-state index contributed by atoms with van der Waals surface area (Å²) in [6.45, 7) is -1.45. The van der Waals surface area contributed by atoms with E-state index in [0.29, 0.717) is 5.56 Å². The fraction of sp³-hybridized carbons (Fsp3) is 0.333. The highest BCUT2D eigenvalue weighted by molar-refractivity contribution is 5.14. The van der Waals surface area contributed by atoms with Crippen molar-refractivity contribution in [2.75, 3.05) is 6.61 Å². The Hall–Kier alpha value is -1.10. The zero-order valence-corrected chi connectivity index (χ0v) is 7.14. The van der Waals surface area contributed by atoms with E-state index in [1.54, 1.807) is 0 Å². The first kappa shape index (κ1) is 11.0. The molecule has 0 amide bonds. The largest absolute Gasteiger partial charge is 0.411 e. The molecule has 1 aromatic carbocycles. The van der Waals surface area contributed by atoms with Gasteiger partial charge in [-0.2, -0.15) is 13.2 Å². The Balaban J connectivity index is 2.35. The van der Waals surface area contributed by atoms with Crippen LogP contribution in [-0.2, 0) is 11.3 Å². The van der Waals surface area contributed by atoms with Crippen LogP contribution in [0.2, 0.25) is 0 Å². The summed E-state index contributed by atoms with van der Waals surface area (Å²) in [6.07, 6.45) is -4.32. The normalized spacial score (nSPS) is 11.7. The molecule has 0 aliphatic heterocycles. The topological polar surface area (TPSA) is 9.23 Å². The van der Waals surface area contributed by atoms with Crippen molar-refractivity contribution in [1.29, 1.82) is 0 Å². The van der Waals surface area contributed by atoms with Gasteiger partial charge in [0.2, 0.25) is 0 Å². The molecule has 1 aromatic rings. The number of hydrogen-bond acceptors (Lipinski definition) is 1. The number of benzene rings is 1. The van der Waals surface area contributed by atoms with Crippen molar-refractivity contribution in [3.8, 4) is 0 Å². The highest BCUT2D eigenvalue weighted by Crippen LogP contribution is 2.15. The molecule has 0 atom stereocenters. The van der Waals surface area contributed by atoms with E-state index in [1.165, 1.54) is 24.3 Å². The second-order valence-corrected chi connectivity index (χ2v) is 2.73. The van der Waals surface area contributed by atoms with Gasteiger partial charge in [-0.1, -0.05) is 12.1 Å². The zero-order valence-electron chi connectivity index (χ0n) is 7.14. The van der Waals surface area contributed by atoms with Crippen LogP contribution in [0.15, 0.2) is 24.3 Å². The molecule has 1 rings (SSSR count). The van der Waals surface area contributed by atoms with Gasteiger partial charge in [0.15, 0.2) is 0 Å². The summed E-state index contributed by atoms with van der Waals surface area (Å²) in [7, 11) is 0. The van der Waals surface area contributed by atoms with E-state index >= 15 is 0 Å². The van der Waals surface area contributed by atoms with Crippen molar-refractivity contribution >= 4 is 0 Å². The fourth-order valence-corrected chi connectivity index (χ4v) is 0.865. The molecule has 0 saturated carbocycles. The Kier molecular flexibility index (Phi) is 3.46. The Morgan fingerprint density at radius 1 is 1.07 bits per heavy atom. The second kappa shape index (κ2) is 4.41. The van der Waals surface area contributed by atoms with Gasteiger partial charge in [0.25, 0.3) is 0 Å². The Morgan fingerprint density at radius 2 is 1.64 bits per heavy atom. The first-order chi connectivity index (χ1) is 6.47. The van der Waals surface area contributed by atoms with Crippen molar-refractivity contribution < 1.29 is 22.3 Å². The summed E-state index contributed by atoms with van der Waals surface area (Å²) in [5, 5.41) is 0. The van der Waals surface area contributed by atoms with E-state index in [0.717, 1.165) is 0 Å². The van der Waals surface area contributed by atoms with Crippen LogP contribution in [0.4, 0.5) is 17.6 Å². The van der Waals surface area contributed by atoms with E-state index in [2.05, 4.69) is 4.74 Å². The first-order valence-electron chi connectivity index (χ1n) is 3.86. The van der Waals surface area contributed by atoms with Crippen LogP contribution in [0.5, 0.6) is 0 Å². The maximum atomic E-state index is 12.4. The molecule has 0 saturated heterocycles. The Labute approximate surface area is 78.3 Å². The quantitative estimate of drug-likeness (QED) is 0.694. The van der Waals surface area contributed by atoms with E-state index in [-0.39, 0.29) is 6.61 Å². The third-order valence-corrected chi connectivity index (χ3v) is 1.45. The van der Waals surface area contributed by atoms with Gasteiger partial charge in [-0.25, -0.2) is 4.39 Å². The minimum atomic E-state index is -4.32. The maximum absolute atomic E-state index is 12.4. The maximum Gasteiger partial charge on any atom is 0.411 e. The van der Waals surface area contributed by atoms with Crippen molar-refractivity contribution in [2.24, 2.45) is 0 Å². The molecule has 0 aliphatic carbocycles. The molecule has 0 bridgehead atoms. The van der Waals surface area contributed by atoms with Gasteiger partial charge in [-0.15, -0.1) is 0 Å². The summed E-state index contributed by atoms with van der Waals surface area (Å²) >= 11 is 0. The molecule has 0 unspecified atom stereocenters. The lowest BCUT2D eigenvalue weighted by Gasteiger charge is -2.07. The third-order valence-electron chi connectivity index (χ3n) is 1.45. The van der Waals surface area contributed by atoms with Crippen molar-refractivity contribution in [3.63, 3.8) is 0 Å². The number of rotatable bonds is 3. The van der Waals surface area contributed by atoms with Crippen molar-refractivity contribution in [2.45, 2.75) is 12.8 Å². The lowest BCUT2D eigenvalue weighted by atomic mass is 10.2. The lowest BCUT2D eigenvalue weighted by Crippen LogP contribution is -2.16. The number of hydrogen-bond donors (Lipinski definition) is 0. The van der Waals surface area contributed by atoms with Gasteiger partial charge in [0.05, 0.1) is 6.61 Å². The molecule has 0 fully saturated rings. The molecule has 0 aliphatic rings. The van der Waals surface area contributed by atoms with Crippen LogP contribution in [0, 0.1) is 5.82 Å². The van der Waals surface area contributed by atoms with Gasteiger partial charge in [-0.3, -0.25) is 0 Å². The fourth-order valence-electron chi connectivity index (χ4n) is 0.865. The molecule has 5 heteroatoms. The minimum absolute atomic E-state index is 0.167. The van der Waals surface area contributed by atoms with E-state index in [4.69, 9.17) is 0 Å². The molecule has 14 heavy (non-hydrogen) atoms. The van der Waals surface area contributed by atoms with Crippen LogP contribution >= 0.6 is 0 Å². The number of alkyl halides is 3. The minimum Gasteiger partial charge on any atom is -0.367 e. The monoisotopic (exact) mass is 208 g/mol. The highest BCUT2D eigenvalue weighted by atomic mass is 19.4. The van der Waals surface area contributed by atoms with Crippen LogP contribution in [-0.4, -0.2) is 12.8 Å². The molecule has 1 nitrogen and oxygen atoms in total. The van der Waals surface area contributed by atoms with Gasteiger partial charge in [0, 0.05) is 0 Å². The third kappa shape index (κ3) is 4.23. The SMILES string of the molecule is Fc1ccc(COCC(F)(F)F)cc1. The van der Waals surface area contributed by atoms with Gasteiger partial charge in [0.1, 0.15) is 12.4 Å². The first-order valence-corrected chi connectivity index (χ1v) is 3.86. The molecular weight excluding hydrogens is 200 g/mol. The predicted molar refractivity (Wildman–Crippen MR) is 42.1 cm³/mol. The smallest absolute Gasteiger partial charge is 0.367 e. The number of ether oxygens (including phenoxy) is 1. The lowest BCUT2D eigenvalue weighted by molar-refractivity contribution is -0.176. The number of halogens is 4. The van der Waals surface area contributed by atoms with Crippen LogP contribution in [0.25, 0.3) is 0 Å². The van der Waals surface area contributed by atoms with Crippen LogP contribution < -0.4 is 0 Å². The summed E-state index contributed by atoms with van der Waals surface area (Å²) in [6, 6.07) is 5.11. The molecule has 78 valence electrons. The summed E-state index contributed by atoms with van der Waals surface area (Å²) in [5.41, 5.74) is 0.510. The van der Waals surface area contributed by atoms with E-state index in [9.17, 15) is 17.6 Å². The van der Waals surface area contributed by atoms with Crippen molar-refractivity contribution in [1.82, 2.24) is 0 Å². The van der Waals surface area contributed by atoms with E-state index < -0.39 is 18.6 Å². The summed E-state index contributed by atoms with van der Waals surface area (Å²) in [4.78, 5) is 0. The summed E-state index contributed by atoms with van der Waals surface area (Å²) < 4.78 is 51.7. The van der Waals surface area contributed by atoms with Crippen LogP contribution in [0.1, 0.15) is 5.56 Å². The summed E-state index contributed by atoms with van der Waals surface area (Å²) in [5.74, 6) is -0.426.